The predicted molar refractivity (Wildman–Crippen MR) is 121 cm³/mol. The summed E-state index contributed by atoms with van der Waals surface area (Å²) in [6.07, 6.45) is 0.854. The normalized spacial score (nSPS) is 11.1. The van der Waals surface area contributed by atoms with Crippen LogP contribution in [0.1, 0.15) is 17.5 Å². The van der Waals surface area contributed by atoms with Crippen LogP contribution in [0, 0.1) is 6.92 Å². The highest BCUT2D eigenvalue weighted by molar-refractivity contribution is 7.16. The fourth-order valence-electron chi connectivity index (χ4n) is 3.48. The standard InChI is InChI=1S/C22H22ClN3O3S/c1-6-18-25-26-20(15-8-7-14(23)9-12(15)2)19(24-22(26)30-18)13-10-16(27-3)21(29-5)17(11-13)28-4/h7-11H,6H2,1-5H3. The van der Waals surface area contributed by atoms with Gasteiger partial charge in [-0.2, -0.15) is 5.10 Å². The Morgan fingerprint density at radius 2 is 1.73 bits per heavy atom. The third-order valence-electron chi connectivity index (χ3n) is 4.93. The van der Waals surface area contributed by atoms with Gasteiger partial charge in [0.15, 0.2) is 11.5 Å². The highest BCUT2D eigenvalue weighted by Gasteiger charge is 2.23. The van der Waals surface area contributed by atoms with Gasteiger partial charge in [0.05, 0.1) is 21.3 Å². The van der Waals surface area contributed by atoms with Crippen LogP contribution in [-0.2, 0) is 6.42 Å². The number of hydrogen-bond donors (Lipinski definition) is 0. The van der Waals surface area contributed by atoms with Crippen LogP contribution in [0.4, 0.5) is 0 Å². The van der Waals surface area contributed by atoms with Gasteiger partial charge in [0.2, 0.25) is 10.7 Å². The Morgan fingerprint density at radius 1 is 1.03 bits per heavy atom. The Morgan fingerprint density at radius 3 is 2.30 bits per heavy atom. The van der Waals surface area contributed by atoms with Gasteiger partial charge in [-0.05, 0) is 43.2 Å². The molecule has 0 aliphatic heterocycles. The molecule has 0 unspecified atom stereocenters. The van der Waals surface area contributed by atoms with E-state index in [9.17, 15) is 0 Å². The lowest BCUT2D eigenvalue weighted by atomic mass is 10.0. The first-order valence-corrected chi connectivity index (χ1v) is 10.7. The van der Waals surface area contributed by atoms with E-state index < -0.39 is 0 Å². The van der Waals surface area contributed by atoms with Crippen molar-refractivity contribution in [3.8, 4) is 39.8 Å². The van der Waals surface area contributed by atoms with Crippen molar-refractivity contribution in [3.63, 3.8) is 0 Å². The lowest BCUT2D eigenvalue weighted by molar-refractivity contribution is 0.324. The number of aromatic nitrogens is 3. The predicted octanol–water partition coefficient (Wildman–Crippen LogP) is 5.67. The van der Waals surface area contributed by atoms with Crippen molar-refractivity contribution in [3.05, 3.63) is 45.9 Å². The molecule has 2 aromatic heterocycles. The lowest BCUT2D eigenvalue weighted by Gasteiger charge is -2.14. The summed E-state index contributed by atoms with van der Waals surface area (Å²) >= 11 is 7.80. The second kappa shape index (κ2) is 8.16. The zero-order valence-corrected chi connectivity index (χ0v) is 19.0. The van der Waals surface area contributed by atoms with E-state index in [2.05, 4.69) is 6.92 Å². The molecule has 4 aromatic rings. The lowest BCUT2D eigenvalue weighted by Crippen LogP contribution is -1.97. The summed E-state index contributed by atoms with van der Waals surface area (Å²) in [5.74, 6) is 1.69. The number of imidazole rings is 1. The molecular formula is C22H22ClN3O3S. The van der Waals surface area contributed by atoms with E-state index in [4.69, 9.17) is 35.9 Å². The molecule has 0 saturated heterocycles. The number of fused-ring (bicyclic) bond motifs is 1. The molecule has 2 heterocycles. The number of nitrogens with zero attached hydrogens (tertiary/aromatic N) is 3. The highest BCUT2D eigenvalue weighted by atomic mass is 35.5. The van der Waals surface area contributed by atoms with Gasteiger partial charge < -0.3 is 14.2 Å². The van der Waals surface area contributed by atoms with Gasteiger partial charge in [-0.25, -0.2) is 9.50 Å². The zero-order valence-electron chi connectivity index (χ0n) is 17.4. The number of hydrogen-bond acceptors (Lipinski definition) is 6. The van der Waals surface area contributed by atoms with E-state index >= 15 is 0 Å². The maximum absolute atomic E-state index is 6.21. The smallest absolute Gasteiger partial charge is 0.213 e. The van der Waals surface area contributed by atoms with Crippen molar-refractivity contribution >= 4 is 27.9 Å². The van der Waals surface area contributed by atoms with Crippen molar-refractivity contribution in [1.29, 1.82) is 0 Å². The van der Waals surface area contributed by atoms with Gasteiger partial charge in [0.1, 0.15) is 16.4 Å². The number of methoxy groups -OCH3 is 3. The minimum atomic E-state index is 0.542. The fourth-order valence-corrected chi connectivity index (χ4v) is 4.54. The van der Waals surface area contributed by atoms with Gasteiger partial charge in [0.25, 0.3) is 0 Å². The quantitative estimate of drug-likeness (QED) is 0.384. The minimum absolute atomic E-state index is 0.542. The third kappa shape index (κ3) is 3.38. The van der Waals surface area contributed by atoms with E-state index in [0.29, 0.717) is 22.3 Å². The summed E-state index contributed by atoms with van der Waals surface area (Å²) in [6, 6.07) is 9.65. The Kier molecular flexibility index (Phi) is 5.58. The Hall–Kier alpha value is -2.77. The van der Waals surface area contributed by atoms with E-state index in [-0.39, 0.29) is 0 Å². The van der Waals surface area contributed by atoms with Crippen molar-refractivity contribution < 1.29 is 14.2 Å². The summed E-state index contributed by atoms with van der Waals surface area (Å²) in [7, 11) is 4.80. The second-order valence-corrected chi connectivity index (χ2v) is 8.20. The van der Waals surface area contributed by atoms with Crippen molar-refractivity contribution in [2.75, 3.05) is 21.3 Å². The Labute approximate surface area is 184 Å². The molecule has 0 bridgehead atoms. The molecule has 156 valence electrons. The zero-order chi connectivity index (χ0) is 21.4. The topological polar surface area (TPSA) is 57.9 Å². The van der Waals surface area contributed by atoms with Gasteiger partial charge in [-0.3, -0.25) is 0 Å². The molecule has 0 atom stereocenters. The van der Waals surface area contributed by atoms with Gasteiger partial charge >= 0.3 is 0 Å². The van der Waals surface area contributed by atoms with Crippen LogP contribution in [0.15, 0.2) is 30.3 Å². The maximum atomic E-state index is 6.21. The molecule has 0 amide bonds. The number of aryl methyl sites for hydroxylation is 2. The molecule has 2 aromatic carbocycles. The molecule has 8 heteroatoms. The highest BCUT2D eigenvalue weighted by Crippen LogP contribution is 2.44. The van der Waals surface area contributed by atoms with Crippen LogP contribution in [-0.4, -0.2) is 35.9 Å². The van der Waals surface area contributed by atoms with E-state index in [0.717, 1.165) is 44.5 Å². The minimum Gasteiger partial charge on any atom is -0.493 e. The SMILES string of the molecule is CCc1nn2c(-c3ccc(Cl)cc3C)c(-c3cc(OC)c(OC)c(OC)c3)nc2s1. The monoisotopic (exact) mass is 443 g/mol. The van der Waals surface area contributed by atoms with Crippen molar-refractivity contribution in [1.82, 2.24) is 14.6 Å². The van der Waals surface area contributed by atoms with Crippen LogP contribution < -0.4 is 14.2 Å². The summed E-state index contributed by atoms with van der Waals surface area (Å²) in [6.45, 7) is 4.12. The summed E-state index contributed by atoms with van der Waals surface area (Å²) < 4.78 is 18.5. The van der Waals surface area contributed by atoms with Gasteiger partial charge in [-0.15, -0.1) is 0 Å². The number of ether oxygens (including phenoxy) is 3. The average molecular weight is 444 g/mol. The molecule has 4 rings (SSSR count). The molecule has 30 heavy (non-hydrogen) atoms. The summed E-state index contributed by atoms with van der Waals surface area (Å²) in [4.78, 5) is 5.77. The van der Waals surface area contributed by atoms with Crippen LogP contribution in [0.25, 0.3) is 27.5 Å². The van der Waals surface area contributed by atoms with Crippen molar-refractivity contribution in [2.24, 2.45) is 0 Å². The third-order valence-corrected chi connectivity index (χ3v) is 6.22. The molecule has 0 saturated carbocycles. The number of rotatable bonds is 6. The molecule has 6 nitrogen and oxygen atoms in total. The molecular weight excluding hydrogens is 422 g/mol. The largest absolute Gasteiger partial charge is 0.493 e. The molecule has 0 aliphatic carbocycles. The Balaban J connectivity index is 2.03. The molecule has 0 aliphatic rings. The molecule has 0 fully saturated rings. The molecule has 0 spiro atoms. The molecule has 0 radical (unpaired) electrons. The van der Waals surface area contributed by atoms with Crippen LogP contribution in [0.3, 0.4) is 0 Å². The van der Waals surface area contributed by atoms with Gasteiger partial charge in [-0.1, -0.05) is 35.9 Å². The van der Waals surface area contributed by atoms with Crippen LogP contribution in [0.5, 0.6) is 17.2 Å². The first-order chi connectivity index (χ1) is 14.5. The number of halogens is 1. The first kappa shape index (κ1) is 20.5. The summed E-state index contributed by atoms with van der Waals surface area (Å²) in [5.41, 5.74) is 4.61. The van der Waals surface area contributed by atoms with E-state index in [1.165, 1.54) is 0 Å². The second-order valence-electron chi connectivity index (χ2n) is 6.73. The van der Waals surface area contributed by atoms with E-state index in [1.54, 1.807) is 32.7 Å². The van der Waals surface area contributed by atoms with Gasteiger partial charge in [0, 0.05) is 16.1 Å². The van der Waals surface area contributed by atoms with E-state index in [1.807, 2.05) is 41.8 Å². The molecule has 0 N–H and O–H groups in total. The van der Waals surface area contributed by atoms with Crippen LogP contribution in [0.2, 0.25) is 5.02 Å². The Bertz CT molecular complexity index is 1210. The van der Waals surface area contributed by atoms with Crippen LogP contribution >= 0.6 is 22.9 Å². The fraction of sp³-hybridized carbons (Fsp3) is 0.273. The summed E-state index contributed by atoms with van der Waals surface area (Å²) in [5, 5.41) is 6.51. The maximum Gasteiger partial charge on any atom is 0.213 e. The number of benzene rings is 2. The van der Waals surface area contributed by atoms with Crippen molar-refractivity contribution in [2.45, 2.75) is 20.3 Å². The average Bonchev–Trinajstić information content (AvgIpc) is 3.30. The first-order valence-electron chi connectivity index (χ1n) is 9.46.